The molecule has 2 rings (SSSR count). The molecule has 15 heavy (non-hydrogen) atoms. The van der Waals surface area contributed by atoms with Gasteiger partial charge in [0.25, 0.3) is 0 Å². The molecule has 0 fully saturated rings. The minimum Gasteiger partial charge on any atom is -0.308 e. The molecular formula is C11H13N3S. The van der Waals surface area contributed by atoms with Crippen LogP contribution >= 0.6 is 11.3 Å². The Balaban J connectivity index is 1.80. The van der Waals surface area contributed by atoms with E-state index in [1.54, 1.807) is 11.3 Å². The van der Waals surface area contributed by atoms with Crippen LogP contribution < -0.4 is 5.32 Å². The van der Waals surface area contributed by atoms with E-state index in [4.69, 9.17) is 0 Å². The second-order valence-corrected chi connectivity index (χ2v) is 4.62. The van der Waals surface area contributed by atoms with Crippen molar-refractivity contribution in [3.8, 4) is 0 Å². The van der Waals surface area contributed by atoms with Crippen molar-refractivity contribution in [1.29, 1.82) is 0 Å². The van der Waals surface area contributed by atoms with Gasteiger partial charge in [0.05, 0.1) is 5.01 Å². The maximum absolute atomic E-state index is 4.21. The number of aromatic nitrogens is 2. The van der Waals surface area contributed by atoms with Crippen molar-refractivity contribution in [2.24, 2.45) is 0 Å². The summed E-state index contributed by atoms with van der Waals surface area (Å²) < 4.78 is 0. The van der Waals surface area contributed by atoms with Crippen molar-refractivity contribution in [2.45, 2.75) is 20.0 Å². The Hall–Kier alpha value is -1.26. The van der Waals surface area contributed by atoms with Gasteiger partial charge in [0.1, 0.15) is 0 Å². The van der Waals surface area contributed by atoms with Crippen molar-refractivity contribution in [2.75, 3.05) is 0 Å². The molecule has 0 saturated heterocycles. The van der Waals surface area contributed by atoms with Gasteiger partial charge in [0.15, 0.2) is 0 Å². The Morgan fingerprint density at radius 3 is 2.73 bits per heavy atom. The first kappa shape index (κ1) is 10.3. The van der Waals surface area contributed by atoms with Crippen LogP contribution in [0.25, 0.3) is 0 Å². The summed E-state index contributed by atoms with van der Waals surface area (Å²) in [6, 6.07) is 4.04. The van der Waals surface area contributed by atoms with E-state index in [1.165, 1.54) is 10.4 Å². The van der Waals surface area contributed by atoms with Gasteiger partial charge in [-0.25, -0.2) is 4.98 Å². The summed E-state index contributed by atoms with van der Waals surface area (Å²) in [5, 5.41) is 4.49. The van der Waals surface area contributed by atoms with Crippen LogP contribution in [0.5, 0.6) is 0 Å². The van der Waals surface area contributed by atoms with E-state index >= 15 is 0 Å². The summed E-state index contributed by atoms with van der Waals surface area (Å²) >= 11 is 1.74. The lowest BCUT2D eigenvalue weighted by atomic mass is 10.3. The number of hydrogen-bond donors (Lipinski definition) is 1. The van der Waals surface area contributed by atoms with Crippen molar-refractivity contribution >= 4 is 11.3 Å². The Labute approximate surface area is 93.2 Å². The Morgan fingerprint density at radius 2 is 2.07 bits per heavy atom. The highest BCUT2D eigenvalue weighted by Gasteiger charge is 1.97. The topological polar surface area (TPSA) is 37.8 Å². The fourth-order valence-electron chi connectivity index (χ4n) is 1.32. The quantitative estimate of drug-likeness (QED) is 0.856. The normalized spacial score (nSPS) is 10.5. The van der Waals surface area contributed by atoms with E-state index in [9.17, 15) is 0 Å². The van der Waals surface area contributed by atoms with E-state index in [0.29, 0.717) is 0 Å². The van der Waals surface area contributed by atoms with E-state index in [2.05, 4.69) is 15.3 Å². The zero-order valence-electron chi connectivity index (χ0n) is 8.60. The van der Waals surface area contributed by atoms with Gasteiger partial charge in [-0.15, -0.1) is 11.3 Å². The average molecular weight is 219 g/mol. The third kappa shape index (κ3) is 3.11. The number of aryl methyl sites for hydroxylation is 1. The maximum atomic E-state index is 4.21. The monoisotopic (exact) mass is 219 g/mol. The molecular weight excluding hydrogens is 206 g/mol. The second kappa shape index (κ2) is 5.00. The molecule has 0 spiro atoms. The van der Waals surface area contributed by atoms with Crippen LogP contribution in [0.4, 0.5) is 0 Å². The molecule has 78 valence electrons. The fourth-order valence-corrected chi connectivity index (χ4v) is 2.08. The van der Waals surface area contributed by atoms with Gasteiger partial charge in [-0.05, 0) is 24.6 Å². The maximum Gasteiger partial charge on any atom is 0.0897 e. The number of pyridine rings is 1. The van der Waals surface area contributed by atoms with E-state index in [-0.39, 0.29) is 0 Å². The van der Waals surface area contributed by atoms with Crippen LogP contribution in [-0.2, 0) is 13.1 Å². The standard InChI is InChI=1S/C11H13N3S/c1-9-14-8-11(15-9)7-13-6-10-2-4-12-5-3-10/h2-5,8,13H,6-7H2,1H3. The third-order valence-corrected chi connectivity index (χ3v) is 2.96. The predicted molar refractivity (Wildman–Crippen MR) is 61.6 cm³/mol. The SMILES string of the molecule is Cc1ncc(CNCc2ccncc2)s1. The summed E-state index contributed by atoms with van der Waals surface area (Å²) in [7, 11) is 0. The molecule has 0 saturated carbocycles. The minimum absolute atomic E-state index is 0.874. The van der Waals surface area contributed by atoms with Crippen LogP contribution in [0.15, 0.2) is 30.7 Å². The van der Waals surface area contributed by atoms with Gasteiger partial charge < -0.3 is 5.32 Å². The number of thiazole rings is 1. The van der Waals surface area contributed by atoms with Crippen molar-refractivity contribution in [1.82, 2.24) is 15.3 Å². The van der Waals surface area contributed by atoms with Gasteiger partial charge in [0, 0.05) is 36.6 Å². The van der Waals surface area contributed by atoms with E-state index < -0.39 is 0 Å². The number of rotatable bonds is 4. The fraction of sp³-hybridized carbons (Fsp3) is 0.273. The van der Waals surface area contributed by atoms with Crippen LogP contribution in [-0.4, -0.2) is 9.97 Å². The van der Waals surface area contributed by atoms with Crippen LogP contribution in [0.1, 0.15) is 15.4 Å². The van der Waals surface area contributed by atoms with Gasteiger partial charge >= 0.3 is 0 Å². The molecule has 0 atom stereocenters. The number of nitrogens with one attached hydrogen (secondary N) is 1. The zero-order chi connectivity index (χ0) is 10.5. The molecule has 1 N–H and O–H groups in total. The summed E-state index contributed by atoms with van der Waals surface area (Å²) in [5.41, 5.74) is 1.26. The molecule has 0 aliphatic rings. The molecule has 2 aromatic rings. The number of nitrogens with zero attached hydrogens (tertiary/aromatic N) is 2. The summed E-state index contributed by atoms with van der Waals surface area (Å²) in [6.07, 6.45) is 5.56. The molecule has 2 heterocycles. The van der Waals surface area contributed by atoms with Gasteiger partial charge in [-0.3, -0.25) is 4.98 Å². The molecule has 0 radical (unpaired) electrons. The van der Waals surface area contributed by atoms with Crippen molar-refractivity contribution in [3.05, 3.63) is 46.2 Å². The van der Waals surface area contributed by atoms with Crippen LogP contribution in [0, 0.1) is 6.92 Å². The highest BCUT2D eigenvalue weighted by atomic mass is 32.1. The molecule has 4 heteroatoms. The molecule has 0 aromatic carbocycles. The summed E-state index contributed by atoms with van der Waals surface area (Å²) in [6.45, 7) is 3.78. The van der Waals surface area contributed by atoms with Gasteiger partial charge in [-0.2, -0.15) is 0 Å². The van der Waals surface area contributed by atoms with Crippen molar-refractivity contribution < 1.29 is 0 Å². The second-order valence-electron chi connectivity index (χ2n) is 3.30. The number of hydrogen-bond acceptors (Lipinski definition) is 4. The van der Waals surface area contributed by atoms with Gasteiger partial charge in [0.2, 0.25) is 0 Å². The third-order valence-electron chi connectivity index (χ3n) is 2.05. The molecule has 0 aliphatic heterocycles. The Morgan fingerprint density at radius 1 is 1.27 bits per heavy atom. The zero-order valence-corrected chi connectivity index (χ0v) is 9.42. The molecule has 3 nitrogen and oxygen atoms in total. The lowest BCUT2D eigenvalue weighted by molar-refractivity contribution is 0.699. The van der Waals surface area contributed by atoms with Crippen LogP contribution in [0.3, 0.4) is 0 Å². The molecule has 2 aromatic heterocycles. The van der Waals surface area contributed by atoms with Crippen LogP contribution in [0.2, 0.25) is 0 Å². The smallest absolute Gasteiger partial charge is 0.0897 e. The molecule has 0 aliphatic carbocycles. The van der Waals surface area contributed by atoms with E-state index in [0.717, 1.165) is 18.1 Å². The largest absolute Gasteiger partial charge is 0.308 e. The highest BCUT2D eigenvalue weighted by Crippen LogP contribution is 2.10. The Bertz CT molecular complexity index is 411. The highest BCUT2D eigenvalue weighted by molar-refractivity contribution is 7.11. The molecule has 0 amide bonds. The first-order valence-electron chi connectivity index (χ1n) is 4.85. The first-order chi connectivity index (χ1) is 7.34. The minimum atomic E-state index is 0.874. The predicted octanol–water partition coefficient (Wildman–Crippen LogP) is 2.14. The average Bonchev–Trinajstić information content (AvgIpc) is 2.66. The summed E-state index contributed by atoms with van der Waals surface area (Å²) in [5.74, 6) is 0. The lowest BCUT2D eigenvalue weighted by Gasteiger charge is -2.01. The first-order valence-corrected chi connectivity index (χ1v) is 5.67. The summed E-state index contributed by atoms with van der Waals surface area (Å²) in [4.78, 5) is 9.47. The van der Waals surface area contributed by atoms with E-state index in [1.807, 2.05) is 37.6 Å². The molecule has 0 bridgehead atoms. The lowest BCUT2D eigenvalue weighted by Crippen LogP contribution is -2.11. The van der Waals surface area contributed by atoms with Gasteiger partial charge in [-0.1, -0.05) is 0 Å². The van der Waals surface area contributed by atoms with Crippen molar-refractivity contribution in [3.63, 3.8) is 0 Å². The Kier molecular flexibility index (Phi) is 3.42. The molecule has 0 unspecified atom stereocenters.